The molecule has 3 aliphatic carbocycles. The molecule has 1 aliphatic heterocycles. The Balaban J connectivity index is 1.28. The van der Waals surface area contributed by atoms with Gasteiger partial charge in [-0.25, -0.2) is 0 Å². The summed E-state index contributed by atoms with van der Waals surface area (Å²) in [6.45, 7) is 0.740. The average molecular weight is 404 g/mol. The van der Waals surface area contributed by atoms with Gasteiger partial charge < -0.3 is 15.5 Å². The largest absolute Gasteiger partial charge is 0.362 e. The van der Waals surface area contributed by atoms with Crippen molar-refractivity contribution in [1.82, 2.24) is 10.2 Å². The summed E-state index contributed by atoms with van der Waals surface area (Å²) in [6, 6.07) is 18.0. The van der Waals surface area contributed by atoms with Gasteiger partial charge in [-0.15, -0.1) is 0 Å². The van der Waals surface area contributed by atoms with Gasteiger partial charge in [-0.05, 0) is 55.7 Å². The van der Waals surface area contributed by atoms with E-state index in [4.69, 9.17) is 0 Å². The van der Waals surface area contributed by atoms with Crippen molar-refractivity contribution in [3.8, 4) is 0 Å². The second kappa shape index (κ2) is 7.46. The Morgan fingerprint density at radius 2 is 1.83 bits per heavy atom. The predicted octanol–water partition coefficient (Wildman–Crippen LogP) is 3.68. The molecule has 1 spiro atoms. The molecule has 6 rings (SSSR count). The molecule has 2 aromatic rings. The van der Waals surface area contributed by atoms with Gasteiger partial charge in [-0.3, -0.25) is 9.59 Å². The number of hydrogen-bond acceptors (Lipinski definition) is 3. The molecule has 2 aromatic carbocycles. The van der Waals surface area contributed by atoms with Crippen LogP contribution in [0.25, 0.3) is 0 Å². The van der Waals surface area contributed by atoms with Gasteiger partial charge in [0.2, 0.25) is 5.91 Å². The summed E-state index contributed by atoms with van der Waals surface area (Å²) in [5.41, 5.74) is 2.47. The van der Waals surface area contributed by atoms with Crippen molar-refractivity contribution in [2.45, 2.75) is 37.8 Å². The van der Waals surface area contributed by atoms with Crippen molar-refractivity contribution in [3.63, 3.8) is 0 Å². The van der Waals surface area contributed by atoms with Gasteiger partial charge in [0.15, 0.2) is 0 Å². The van der Waals surface area contributed by atoms with Crippen molar-refractivity contribution in [2.75, 3.05) is 18.9 Å². The molecular weight excluding hydrogens is 374 g/mol. The first kappa shape index (κ1) is 19.2. The molecule has 4 atom stereocenters. The Morgan fingerprint density at radius 1 is 1.07 bits per heavy atom. The Bertz CT molecular complexity index is 960. The lowest BCUT2D eigenvalue weighted by Crippen LogP contribution is -2.68. The van der Waals surface area contributed by atoms with Crippen LogP contribution in [0.15, 0.2) is 54.6 Å². The molecule has 0 radical (unpaired) electrons. The van der Waals surface area contributed by atoms with E-state index >= 15 is 0 Å². The number of hydrogen-bond donors (Lipinski definition) is 2. The summed E-state index contributed by atoms with van der Waals surface area (Å²) in [4.78, 5) is 27.9. The monoisotopic (exact) mass is 403 g/mol. The molecule has 2 N–H and O–H groups in total. The molecule has 3 fully saturated rings. The second-order valence-corrected chi connectivity index (χ2v) is 9.17. The van der Waals surface area contributed by atoms with E-state index in [1.165, 1.54) is 5.56 Å². The molecule has 2 amide bonds. The minimum atomic E-state index is -0.409. The number of carbonyl (C=O) groups is 2. The average Bonchev–Trinajstić information content (AvgIpc) is 2.78. The summed E-state index contributed by atoms with van der Waals surface area (Å²) in [7, 11) is 1.93. The molecule has 156 valence electrons. The van der Waals surface area contributed by atoms with Gasteiger partial charge in [0, 0.05) is 31.1 Å². The number of carbonyl (C=O) groups excluding carboxylic acids is 2. The number of anilines is 1. The smallest absolute Gasteiger partial charge is 0.255 e. The van der Waals surface area contributed by atoms with Crippen molar-refractivity contribution >= 4 is 17.5 Å². The molecule has 0 saturated heterocycles. The molecule has 4 aliphatic rings. The van der Waals surface area contributed by atoms with E-state index in [2.05, 4.69) is 22.8 Å². The Kier molecular flexibility index (Phi) is 4.76. The number of para-hydroxylation sites is 1. The molecule has 3 saturated carbocycles. The molecule has 5 nitrogen and oxygen atoms in total. The molecule has 0 aromatic heterocycles. The zero-order chi connectivity index (χ0) is 20.7. The number of fused-ring (bicyclic) bond motifs is 3. The lowest BCUT2D eigenvalue weighted by Gasteiger charge is -2.56. The van der Waals surface area contributed by atoms with Crippen LogP contribution in [0, 0.1) is 17.8 Å². The third kappa shape index (κ3) is 3.26. The van der Waals surface area contributed by atoms with Gasteiger partial charge in [-0.1, -0.05) is 42.5 Å². The van der Waals surface area contributed by atoms with Crippen molar-refractivity contribution in [3.05, 3.63) is 65.7 Å². The van der Waals surface area contributed by atoms with E-state index in [0.29, 0.717) is 11.5 Å². The van der Waals surface area contributed by atoms with E-state index in [-0.39, 0.29) is 23.7 Å². The van der Waals surface area contributed by atoms with Gasteiger partial charge in [0.1, 0.15) is 5.66 Å². The van der Waals surface area contributed by atoms with Crippen LogP contribution in [0.1, 0.15) is 41.6 Å². The van der Waals surface area contributed by atoms with Gasteiger partial charge in [0.25, 0.3) is 5.91 Å². The minimum absolute atomic E-state index is 0.000226. The Labute approximate surface area is 177 Å². The summed E-state index contributed by atoms with van der Waals surface area (Å²) in [5.74, 6) is 0.903. The fraction of sp³-hybridized carbons (Fsp3) is 0.440. The van der Waals surface area contributed by atoms with E-state index in [9.17, 15) is 9.59 Å². The van der Waals surface area contributed by atoms with E-state index < -0.39 is 5.66 Å². The van der Waals surface area contributed by atoms with Crippen LogP contribution < -0.4 is 10.6 Å². The fourth-order valence-corrected chi connectivity index (χ4v) is 5.78. The highest BCUT2D eigenvalue weighted by Crippen LogP contribution is 2.52. The highest BCUT2D eigenvalue weighted by atomic mass is 16.2. The summed E-state index contributed by atoms with van der Waals surface area (Å²) < 4.78 is 0. The number of rotatable bonds is 4. The number of amides is 2. The van der Waals surface area contributed by atoms with E-state index in [1.54, 1.807) is 0 Å². The number of likely N-dealkylation sites (N-methyl/N-ethyl adjacent to an activating group) is 1. The first-order valence-corrected chi connectivity index (χ1v) is 11.0. The van der Waals surface area contributed by atoms with Crippen molar-refractivity contribution in [1.29, 1.82) is 0 Å². The molecular formula is C25H29N3O2. The highest BCUT2D eigenvalue weighted by molar-refractivity contribution is 6.02. The maximum Gasteiger partial charge on any atom is 0.255 e. The third-order valence-electron chi connectivity index (χ3n) is 7.41. The lowest BCUT2D eigenvalue weighted by molar-refractivity contribution is -0.141. The molecule has 5 heteroatoms. The van der Waals surface area contributed by atoms with Crippen LogP contribution in [-0.4, -0.2) is 36.0 Å². The van der Waals surface area contributed by atoms with Crippen molar-refractivity contribution < 1.29 is 9.59 Å². The van der Waals surface area contributed by atoms with Gasteiger partial charge in [-0.2, -0.15) is 0 Å². The van der Waals surface area contributed by atoms with Crippen LogP contribution in [0.3, 0.4) is 0 Å². The standard InChI is InChI=1S/C25H29N3O2/c1-28(14-13-17-7-3-2-4-8-17)24(30)21-15-19-12-11-18(21)16-25(19)26-22-10-6-5-9-20(22)23(29)27-25/h2-10,18-19,21,26H,11-16H2,1H3,(H,27,29)/t18-,19+,21+,25-/m1/s1. The fourth-order valence-electron chi connectivity index (χ4n) is 5.78. The maximum absolute atomic E-state index is 13.3. The van der Waals surface area contributed by atoms with E-state index in [1.807, 2.05) is 54.4 Å². The quantitative estimate of drug-likeness (QED) is 0.819. The minimum Gasteiger partial charge on any atom is -0.362 e. The van der Waals surface area contributed by atoms with Gasteiger partial charge >= 0.3 is 0 Å². The zero-order valence-electron chi connectivity index (χ0n) is 17.4. The Hall–Kier alpha value is -2.82. The van der Waals surface area contributed by atoms with Crippen molar-refractivity contribution in [2.24, 2.45) is 17.8 Å². The number of benzene rings is 2. The van der Waals surface area contributed by atoms with Gasteiger partial charge in [0.05, 0.1) is 5.56 Å². The highest BCUT2D eigenvalue weighted by Gasteiger charge is 2.55. The first-order chi connectivity index (χ1) is 14.6. The van der Waals surface area contributed by atoms with Crippen LogP contribution in [-0.2, 0) is 11.2 Å². The number of nitrogens with one attached hydrogen (secondary N) is 2. The van der Waals surface area contributed by atoms with Crippen LogP contribution in [0.4, 0.5) is 5.69 Å². The number of nitrogens with zero attached hydrogens (tertiary/aromatic N) is 1. The topological polar surface area (TPSA) is 61.4 Å². The lowest BCUT2D eigenvalue weighted by atomic mass is 9.58. The second-order valence-electron chi connectivity index (χ2n) is 9.17. The summed E-state index contributed by atoms with van der Waals surface area (Å²) in [5, 5.41) is 6.93. The van der Waals surface area contributed by atoms with Crippen LogP contribution in [0.5, 0.6) is 0 Å². The van der Waals surface area contributed by atoms with Crippen LogP contribution in [0.2, 0.25) is 0 Å². The van der Waals surface area contributed by atoms with E-state index in [0.717, 1.165) is 44.3 Å². The molecule has 0 unspecified atom stereocenters. The maximum atomic E-state index is 13.3. The SMILES string of the molecule is CN(CCc1ccccc1)C(=O)[C@H]1C[C@@H]2CC[C@@H]1C[C@@]21NC(=O)c2ccccc2N1. The summed E-state index contributed by atoms with van der Waals surface area (Å²) in [6.07, 6.45) is 4.66. The Morgan fingerprint density at radius 3 is 2.60 bits per heavy atom. The zero-order valence-corrected chi connectivity index (χ0v) is 17.4. The predicted molar refractivity (Wildman–Crippen MR) is 117 cm³/mol. The summed E-state index contributed by atoms with van der Waals surface area (Å²) >= 11 is 0. The first-order valence-electron chi connectivity index (χ1n) is 11.0. The normalized spacial score (nSPS) is 29.1. The van der Waals surface area contributed by atoms with Crippen LogP contribution >= 0.6 is 0 Å². The molecule has 1 heterocycles. The third-order valence-corrected chi connectivity index (χ3v) is 7.41. The molecule has 2 bridgehead atoms. The molecule has 30 heavy (non-hydrogen) atoms.